The van der Waals surface area contributed by atoms with Crippen LogP contribution in [0.5, 0.6) is 5.75 Å². The maximum atomic E-state index is 11.8. The van der Waals surface area contributed by atoms with Gasteiger partial charge in [-0.3, -0.25) is 0 Å². The Morgan fingerprint density at radius 3 is 2.38 bits per heavy atom. The van der Waals surface area contributed by atoms with Gasteiger partial charge in [0, 0.05) is 11.1 Å². The molecule has 1 heterocycles. The van der Waals surface area contributed by atoms with Crippen LogP contribution in [0.15, 0.2) is 33.0 Å². The number of nitrogens with two attached hydrogens (primary N) is 3. The number of methoxy groups -OCH3 is 1. The first-order chi connectivity index (χ1) is 11.1. The maximum absolute atomic E-state index is 11.8. The first-order valence-electron chi connectivity index (χ1n) is 6.94. The molecule has 1 aromatic carbocycles. The number of hydrogen-bond acceptors (Lipinski definition) is 8. The number of nitrogen functional groups attached to an aromatic ring is 2. The fourth-order valence-electron chi connectivity index (χ4n) is 2.07. The minimum Gasteiger partial charge on any atom is -0.495 e. The van der Waals surface area contributed by atoms with Gasteiger partial charge in [-0.15, -0.1) is 0 Å². The third kappa shape index (κ3) is 3.89. The lowest BCUT2D eigenvalue weighted by molar-refractivity contribution is 0.401. The predicted octanol–water partition coefficient (Wildman–Crippen LogP) is 1.57. The lowest BCUT2D eigenvalue weighted by atomic mass is 10.0. The van der Waals surface area contributed by atoms with Crippen LogP contribution in [0.3, 0.4) is 0 Å². The number of nitrogens with zero attached hydrogens (tertiary/aromatic N) is 2. The average Bonchev–Trinajstić information content (AvgIpc) is 2.48. The Morgan fingerprint density at radius 1 is 1.21 bits per heavy atom. The molecule has 0 aliphatic heterocycles. The van der Waals surface area contributed by atoms with E-state index < -0.39 is 10.0 Å². The summed E-state index contributed by atoms with van der Waals surface area (Å²) in [6.45, 7) is 3.97. The number of ether oxygens (including phenoxy) is 1. The zero-order valence-corrected chi connectivity index (χ0v) is 15.1. The molecule has 0 aliphatic rings. The summed E-state index contributed by atoms with van der Waals surface area (Å²) in [7, 11) is -2.54. The Morgan fingerprint density at radius 2 is 1.88 bits per heavy atom. The van der Waals surface area contributed by atoms with Crippen molar-refractivity contribution >= 4 is 33.6 Å². The molecule has 0 radical (unpaired) electrons. The monoisotopic (exact) mass is 369 g/mol. The molecule has 24 heavy (non-hydrogen) atoms. The van der Waals surface area contributed by atoms with Crippen LogP contribution in [-0.2, 0) is 10.0 Å². The number of anilines is 2. The van der Waals surface area contributed by atoms with Crippen LogP contribution in [-0.4, -0.2) is 25.5 Å². The molecule has 0 atom stereocenters. The highest BCUT2D eigenvalue weighted by molar-refractivity contribution is 7.99. The summed E-state index contributed by atoms with van der Waals surface area (Å²) in [6, 6.07) is 3.14. The molecule has 0 bridgehead atoms. The second kappa shape index (κ2) is 6.83. The van der Waals surface area contributed by atoms with Gasteiger partial charge in [0.25, 0.3) is 0 Å². The molecule has 2 aromatic rings. The summed E-state index contributed by atoms with van der Waals surface area (Å²) < 4.78 is 28.8. The minimum atomic E-state index is -3.94. The van der Waals surface area contributed by atoms with Crippen molar-refractivity contribution in [2.24, 2.45) is 5.14 Å². The SMILES string of the molecule is COc1cc(C(C)C)c(Sc2cnc(N)nc2N)cc1S(N)(=O)=O. The molecule has 10 heteroatoms. The maximum Gasteiger partial charge on any atom is 0.241 e. The summed E-state index contributed by atoms with van der Waals surface area (Å²) in [6.07, 6.45) is 1.49. The second-order valence-electron chi connectivity index (χ2n) is 5.32. The zero-order valence-electron chi connectivity index (χ0n) is 13.5. The van der Waals surface area contributed by atoms with Crippen LogP contribution in [0.4, 0.5) is 11.8 Å². The van der Waals surface area contributed by atoms with Crippen LogP contribution in [0.1, 0.15) is 25.3 Å². The van der Waals surface area contributed by atoms with Gasteiger partial charge in [0.2, 0.25) is 16.0 Å². The van der Waals surface area contributed by atoms with Crippen molar-refractivity contribution in [2.75, 3.05) is 18.6 Å². The summed E-state index contributed by atoms with van der Waals surface area (Å²) in [5.41, 5.74) is 12.2. The normalized spacial score (nSPS) is 11.7. The molecule has 0 fully saturated rings. The van der Waals surface area contributed by atoms with Gasteiger partial charge in [0.05, 0.1) is 12.0 Å². The highest BCUT2D eigenvalue weighted by Gasteiger charge is 2.21. The predicted molar refractivity (Wildman–Crippen MR) is 93.4 cm³/mol. The molecule has 0 unspecified atom stereocenters. The largest absolute Gasteiger partial charge is 0.495 e. The van der Waals surface area contributed by atoms with E-state index in [4.69, 9.17) is 21.3 Å². The lowest BCUT2D eigenvalue weighted by Crippen LogP contribution is -2.14. The molecule has 130 valence electrons. The van der Waals surface area contributed by atoms with E-state index in [9.17, 15) is 8.42 Å². The van der Waals surface area contributed by atoms with Crippen molar-refractivity contribution in [1.82, 2.24) is 9.97 Å². The van der Waals surface area contributed by atoms with Crippen LogP contribution < -0.4 is 21.3 Å². The van der Waals surface area contributed by atoms with E-state index >= 15 is 0 Å². The molecule has 8 nitrogen and oxygen atoms in total. The van der Waals surface area contributed by atoms with Gasteiger partial charge in [-0.1, -0.05) is 25.6 Å². The first kappa shape index (κ1) is 18.3. The summed E-state index contributed by atoms with van der Waals surface area (Å²) in [4.78, 5) is 8.97. The topological polar surface area (TPSA) is 147 Å². The van der Waals surface area contributed by atoms with Crippen molar-refractivity contribution in [3.05, 3.63) is 23.9 Å². The summed E-state index contributed by atoms with van der Waals surface area (Å²) in [5, 5.41) is 5.29. The molecule has 0 saturated heterocycles. The summed E-state index contributed by atoms with van der Waals surface area (Å²) >= 11 is 1.25. The number of hydrogen-bond donors (Lipinski definition) is 3. The summed E-state index contributed by atoms with van der Waals surface area (Å²) in [5.74, 6) is 0.606. The fourth-order valence-corrected chi connectivity index (χ4v) is 3.94. The van der Waals surface area contributed by atoms with E-state index in [2.05, 4.69) is 9.97 Å². The van der Waals surface area contributed by atoms with Crippen molar-refractivity contribution in [3.8, 4) is 5.75 Å². The minimum absolute atomic E-state index is 0.0703. The molecule has 1 aromatic heterocycles. The third-order valence-electron chi connectivity index (χ3n) is 3.25. The average molecular weight is 369 g/mol. The Bertz CT molecular complexity index is 869. The Kier molecular flexibility index (Phi) is 5.21. The van der Waals surface area contributed by atoms with E-state index in [0.29, 0.717) is 9.79 Å². The van der Waals surface area contributed by atoms with E-state index in [1.165, 1.54) is 31.1 Å². The Hall–Kier alpha value is -2.04. The molecule has 0 aliphatic carbocycles. The van der Waals surface area contributed by atoms with Crippen molar-refractivity contribution in [2.45, 2.75) is 34.5 Å². The molecule has 0 spiro atoms. The molecule has 2 rings (SSSR count). The van der Waals surface area contributed by atoms with E-state index in [1.807, 2.05) is 13.8 Å². The zero-order chi connectivity index (χ0) is 18.1. The number of rotatable bonds is 5. The van der Waals surface area contributed by atoms with Gasteiger partial charge < -0.3 is 16.2 Å². The van der Waals surface area contributed by atoms with Crippen LogP contribution >= 0.6 is 11.8 Å². The number of aromatic nitrogens is 2. The quantitative estimate of drug-likeness (QED) is 0.719. The first-order valence-corrected chi connectivity index (χ1v) is 9.30. The van der Waals surface area contributed by atoms with Gasteiger partial charge in [-0.25, -0.2) is 18.5 Å². The van der Waals surface area contributed by atoms with Gasteiger partial charge in [-0.2, -0.15) is 4.98 Å². The van der Waals surface area contributed by atoms with Crippen LogP contribution in [0.2, 0.25) is 0 Å². The highest BCUT2D eigenvalue weighted by Crippen LogP contribution is 2.40. The van der Waals surface area contributed by atoms with Crippen LogP contribution in [0, 0.1) is 0 Å². The molecule has 6 N–H and O–H groups in total. The van der Waals surface area contributed by atoms with Crippen molar-refractivity contribution in [1.29, 1.82) is 0 Å². The Labute approximate surface area is 144 Å². The second-order valence-corrected chi connectivity index (χ2v) is 7.93. The fraction of sp³-hybridized carbons (Fsp3) is 0.286. The number of sulfonamides is 1. The molecule has 0 saturated carbocycles. The highest BCUT2D eigenvalue weighted by atomic mass is 32.2. The van der Waals surface area contributed by atoms with Gasteiger partial charge in [0.15, 0.2) is 0 Å². The van der Waals surface area contributed by atoms with Crippen molar-refractivity contribution in [3.63, 3.8) is 0 Å². The number of benzene rings is 1. The third-order valence-corrected chi connectivity index (χ3v) is 5.29. The van der Waals surface area contributed by atoms with Gasteiger partial charge in [-0.05, 0) is 23.6 Å². The van der Waals surface area contributed by atoms with Gasteiger partial charge >= 0.3 is 0 Å². The molecular formula is C14H19N5O3S2. The molecule has 0 amide bonds. The standard InChI is InChI=1S/C14H19N5O3S2/c1-7(2)8-4-9(22-3)12(24(17,20)21)5-10(8)23-11-6-18-14(16)19-13(11)15/h4-7H,1-3H3,(H2,17,20,21)(H4,15,16,18,19). The smallest absolute Gasteiger partial charge is 0.241 e. The van der Waals surface area contributed by atoms with E-state index in [1.54, 1.807) is 6.07 Å². The van der Waals surface area contributed by atoms with Gasteiger partial charge in [0.1, 0.15) is 16.5 Å². The van der Waals surface area contributed by atoms with Crippen molar-refractivity contribution < 1.29 is 13.2 Å². The van der Waals surface area contributed by atoms with E-state index in [0.717, 1.165) is 5.56 Å². The number of primary sulfonamides is 1. The van der Waals surface area contributed by atoms with E-state index in [-0.39, 0.29) is 28.3 Å². The molecular weight excluding hydrogens is 350 g/mol. The lowest BCUT2D eigenvalue weighted by Gasteiger charge is -2.17. The Balaban J connectivity index is 2.62. The van der Waals surface area contributed by atoms with Crippen LogP contribution in [0.25, 0.3) is 0 Å².